The first-order valence-corrected chi connectivity index (χ1v) is 6.07. The first-order valence-electron chi connectivity index (χ1n) is 4.90. The van der Waals surface area contributed by atoms with Gasteiger partial charge in [-0.15, -0.1) is 0 Å². The van der Waals surface area contributed by atoms with Crippen LogP contribution in [0, 0.1) is 5.82 Å². The molecule has 2 aromatic rings. The molecule has 1 aromatic heterocycles. The van der Waals surface area contributed by atoms with Crippen molar-refractivity contribution in [3.05, 3.63) is 63.1 Å². The quantitative estimate of drug-likeness (QED) is 0.859. The lowest BCUT2D eigenvalue weighted by Crippen LogP contribution is -2.14. The number of halogens is 3. The summed E-state index contributed by atoms with van der Waals surface area (Å²) in [7, 11) is 0. The summed E-state index contributed by atoms with van der Waals surface area (Å²) in [5.41, 5.74) is 7.08. The molecule has 0 aliphatic heterocycles. The van der Waals surface area contributed by atoms with Gasteiger partial charge in [0, 0.05) is 22.4 Å². The Morgan fingerprint density at radius 1 is 1.35 bits per heavy atom. The molecule has 0 radical (unpaired) electrons. The first-order chi connectivity index (χ1) is 8.11. The van der Waals surface area contributed by atoms with E-state index in [9.17, 15) is 4.39 Å². The van der Waals surface area contributed by atoms with Gasteiger partial charge in [-0.25, -0.2) is 4.39 Å². The Bertz CT molecular complexity index is 534. The summed E-state index contributed by atoms with van der Waals surface area (Å²) in [6.45, 7) is 0. The minimum absolute atomic E-state index is 0.0434. The van der Waals surface area contributed by atoms with Crippen LogP contribution in [0.25, 0.3) is 0 Å². The van der Waals surface area contributed by atoms with Gasteiger partial charge >= 0.3 is 0 Å². The van der Waals surface area contributed by atoms with Crippen LogP contribution >= 0.6 is 27.5 Å². The van der Waals surface area contributed by atoms with E-state index in [4.69, 9.17) is 17.3 Å². The SMILES string of the molecule is NC(c1cccnc1)c1ccc(Br)c(Cl)c1F. The maximum absolute atomic E-state index is 13.9. The van der Waals surface area contributed by atoms with Crippen LogP contribution in [0.1, 0.15) is 17.2 Å². The average molecular weight is 316 g/mol. The highest BCUT2D eigenvalue weighted by Gasteiger charge is 2.17. The fourth-order valence-electron chi connectivity index (χ4n) is 1.52. The van der Waals surface area contributed by atoms with Crippen molar-refractivity contribution in [2.24, 2.45) is 5.73 Å². The summed E-state index contributed by atoms with van der Waals surface area (Å²) >= 11 is 8.98. The van der Waals surface area contributed by atoms with Crippen molar-refractivity contribution in [3.63, 3.8) is 0 Å². The second kappa shape index (κ2) is 5.12. The van der Waals surface area contributed by atoms with E-state index < -0.39 is 11.9 Å². The van der Waals surface area contributed by atoms with Gasteiger partial charge in [0.05, 0.1) is 11.1 Å². The van der Waals surface area contributed by atoms with Gasteiger partial charge in [0.15, 0.2) is 0 Å². The van der Waals surface area contributed by atoms with Crippen molar-refractivity contribution in [3.8, 4) is 0 Å². The molecule has 0 aliphatic rings. The van der Waals surface area contributed by atoms with Gasteiger partial charge in [-0.05, 0) is 33.6 Å². The van der Waals surface area contributed by atoms with Gasteiger partial charge in [-0.3, -0.25) is 4.98 Å². The maximum Gasteiger partial charge on any atom is 0.148 e. The standard InChI is InChI=1S/C12H9BrClFN2/c13-9-4-3-8(11(15)10(9)14)12(16)7-2-1-5-17-6-7/h1-6,12H,16H2. The summed E-state index contributed by atoms with van der Waals surface area (Å²) in [4.78, 5) is 3.96. The molecule has 0 saturated heterocycles. The second-order valence-electron chi connectivity index (χ2n) is 3.53. The predicted octanol–water partition coefficient (Wildman–Crippen LogP) is 3.68. The minimum Gasteiger partial charge on any atom is -0.320 e. The zero-order valence-electron chi connectivity index (χ0n) is 8.70. The predicted molar refractivity (Wildman–Crippen MR) is 69.4 cm³/mol. The van der Waals surface area contributed by atoms with Gasteiger partial charge in [-0.1, -0.05) is 23.7 Å². The molecular formula is C12H9BrClFN2. The molecule has 0 saturated carbocycles. The van der Waals surface area contributed by atoms with Gasteiger partial charge in [0.2, 0.25) is 0 Å². The lowest BCUT2D eigenvalue weighted by atomic mass is 10.0. The second-order valence-corrected chi connectivity index (χ2v) is 4.76. The Morgan fingerprint density at radius 3 is 2.76 bits per heavy atom. The molecule has 0 amide bonds. The van der Waals surface area contributed by atoms with Crippen LogP contribution in [0.4, 0.5) is 4.39 Å². The smallest absolute Gasteiger partial charge is 0.148 e. The number of aromatic nitrogens is 1. The van der Waals surface area contributed by atoms with E-state index in [2.05, 4.69) is 20.9 Å². The number of rotatable bonds is 2. The van der Waals surface area contributed by atoms with E-state index in [0.29, 0.717) is 10.0 Å². The van der Waals surface area contributed by atoms with Crippen LogP contribution in [0.3, 0.4) is 0 Å². The Kier molecular flexibility index (Phi) is 3.76. The van der Waals surface area contributed by atoms with Crippen LogP contribution < -0.4 is 5.73 Å². The van der Waals surface area contributed by atoms with E-state index in [-0.39, 0.29) is 5.02 Å². The molecule has 0 fully saturated rings. The number of hydrogen-bond acceptors (Lipinski definition) is 2. The Hall–Kier alpha value is -0.970. The van der Waals surface area contributed by atoms with Gasteiger partial charge in [-0.2, -0.15) is 0 Å². The van der Waals surface area contributed by atoms with E-state index in [0.717, 1.165) is 5.56 Å². The molecule has 17 heavy (non-hydrogen) atoms. The fourth-order valence-corrected chi connectivity index (χ4v) is 2.00. The summed E-state index contributed by atoms with van der Waals surface area (Å²) in [5.74, 6) is -0.502. The number of pyridine rings is 1. The molecule has 0 bridgehead atoms. The molecule has 2 rings (SSSR count). The van der Waals surface area contributed by atoms with Gasteiger partial charge < -0.3 is 5.73 Å². The van der Waals surface area contributed by atoms with E-state index >= 15 is 0 Å². The topological polar surface area (TPSA) is 38.9 Å². The Balaban J connectivity index is 2.45. The summed E-state index contributed by atoms with van der Waals surface area (Å²) in [6.07, 6.45) is 3.25. The van der Waals surface area contributed by atoms with Crippen molar-refractivity contribution < 1.29 is 4.39 Å². The zero-order valence-corrected chi connectivity index (χ0v) is 11.0. The number of benzene rings is 1. The third-order valence-corrected chi connectivity index (χ3v) is 3.70. The van der Waals surface area contributed by atoms with Crippen molar-refractivity contribution in [1.82, 2.24) is 4.98 Å². The highest BCUT2D eigenvalue weighted by Crippen LogP contribution is 2.31. The fraction of sp³-hybridized carbons (Fsp3) is 0.0833. The lowest BCUT2D eigenvalue weighted by molar-refractivity contribution is 0.599. The molecule has 0 spiro atoms. The van der Waals surface area contributed by atoms with Crippen LogP contribution in [0.2, 0.25) is 5.02 Å². The summed E-state index contributed by atoms with van der Waals surface area (Å²) < 4.78 is 14.4. The third-order valence-electron chi connectivity index (χ3n) is 2.44. The highest BCUT2D eigenvalue weighted by atomic mass is 79.9. The first kappa shape index (κ1) is 12.5. The average Bonchev–Trinajstić information content (AvgIpc) is 2.36. The number of nitrogens with zero attached hydrogens (tertiary/aromatic N) is 1. The lowest BCUT2D eigenvalue weighted by Gasteiger charge is -2.14. The van der Waals surface area contributed by atoms with Crippen molar-refractivity contribution in [1.29, 1.82) is 0 Å². The van der Waals surface area contributed by atoms with Crippen LogP contribution in [-0.4, -0.2) is 4.98 Å². The number of hydrogen-bond donors (Lipinski definition) is 1. The Labute approximate surface area is 112 Å². The maximum atomic E-state index is 13.9. The molecule has 1 atom stereocenters. The molecule has 1 unspecified atom stereocenters. The Morgan fingerprint density at radius 2 is 2.12 bits per heavy atom. The van der Waals surface area contributed by atoms with Gasteiger partial charge in [0.25, 0.3) is 0 Å². The zero-order chi connectivity index (χ0) is 12.4. The summed E-state index contributed by atoms with van der Waals surface area (Å²) in [5, 5.41) is 0.0434. The minimum atomic E-state index is -0.575. The molecule has 1 aromatic carbocycles. The van der Waals surface area contributed by atoms with Gasteiger partial charge in [0.1, 0.15) is 5.82 Å². The van der Waals surface area contributed by atoms with Crippen LogP contribution in [0.5, 0.6) is 0 Å². The monoisotopic (exact) mass is 314 g/mol. The van der Waals surface area contributed by atoms with E-state index in [1.54, 1.807) is 36.7 Å². The third kappa shape index (κ3) is 2.49. The van der Waals surface area contributed by atoms with Crippen molar-refractivity contribution >= 4 is 27.5 Å². The molecule has 5 heteroatoms. The molecule has 2 N–H and O–H groups in total. The molecular weight excluding hydrogens is 307 g/mol. The molecule has 88 valence electrons. The highest BCUT2D eigenvalue weighted by molar-refractivity contribution is 9.10. The van der Waals surface area contributed by atoms with Crippen molar-refractivity contribution in [2.45, 2.75) is 6.04 Å². The number of nitrogens with two attached hydrogens (primary N) is 1. The van der Waals surface area contributed by atoms with E-state index in [1.165, 1.54) is 0 Å². The molecule has 0 aliphatic carbocycles. The molecule has 1 heterocycles. The van der Waals surface area contributed by atoms with E-state index in [1.807, 2.05) is 0 Å². The normalized spacial score (nSPS) is 12.5. The molecule has 2 nitrogen and oxygen atoms in total. The van der Waals surface area contributed by atoms with Crippen molar-refractivity contribution in [2.75, 3.05) is 0 Å². The van der Waals surface area contributed by atoms with Crippen LogP contribution in [0.15, 0.2) is 41.1 Å². The largest absolute Gasteiger partial charge is 0.320 e. The van der Waals surface area contributed by atoms with Crippen LogP contribution in [-0.2, 0) is 0 Å². The summed E-state index contributed by atoms with van der Waals surface area (Å²) in [6, 6.07) is 6.27.